The number of nitrogens with one attached hydrogen (secondary N) is 1. The summed E-state index contributed by atoms with van der Waals surface area (Å²) in [6.07, 6.45) is 2.14. The van der Waals surface area contributed by atoms with Crippen molar-refractivity contribution >= 4 is 56.0 Å². The third kappa shape index (κ3) is 4.16. The Morgan fingerprint density at radius 3 is 2.69 bits per heavy atom. The molecule has 0 bridgehead atoms. The van der Waals surface area contributed by atoms with Crippen molar-refractivity contribution in [3.05, 3.63) is 40.8 Å². The standard InChI is InChI=1S/C17H18N2O4S3/c1-11(15(20)18-13-7-8-26(22,23)10-13)19-16(21)14(25-17(19)24)9-12-5-3-2-4-6-12/h2-6,9,11,13H,7-8,10H2,1H3,(H,18,20)/b14-9-/t11-,13-/m0/s1. The number of carbonyl (C=O) groups is 2. The normalized spacial score (nSPS) is 24.9. The minimum Gasteiger partial charge on any atom is -0.351 e. The fraction of sp³-hybridized carbons (Fsp3) is 0.353. The van der Waals surface area contributed by atoms with Gasteiger partial charge in [0.15, 0.2) is 9.84 Å². The number of amides is 2. The molecule has 2 aliphatic rings. The fourth-order valence-corrected chi connectivity index (χ4v) is 5.95. The van der Waals surface area contributed by atoms with Crippen LogP contribution in [-0.4, -0.2) is 53.0 Å². The van der Waals surface area contributed by atoms with E-state index in [1.807, 2.05) is 30.3 Å². The molecule has 1 aromatic carbocycles. The van der Waals surface area contributed by atoms with Crippen molar-refractivity contribution in [3.8, 4) is 0 Å². The number of thiocarbonyl (C=S) groups is 1. The van der Waals surface area contributed by atoms with E-state index in [-0.39, 0.29) is 17.4 Å². The predicted molar refractivity (Wildman–Crippen MR) is 106 cm³/mol. The van der Waals surface area contributed by atoms with Gasteiger partial charge < -0.3 is 5.32 Å². The molecule has 6 nitrogen and oxygen atoms in total. The van der Waals surface area contributed by atoms with Gasteiger partial charge in [0.05, 0.1) is 16.4 Å². The van der Waals surface area contributed by atoms with Gasteiger partial charge in [0.2, 0.25) is 5.91 Å². The second kappa shape index (κ2) is 7.50. The molecule has 3 rings (SSSR count). The first-order valence-electron chi connectivity index (χ1n) is 8.10. The van der Waals surface area contributed by atoms with Crippen molar-refractivity contribution in [2.75, 3.05) is 11.5 Å². The summed E-state index contributed by atoms with van der Waals surface area (Å²) in [5.74, 6) is -0.694. The van der Waals surface area contributed by atoms with Gasteiger partial charge in [-0.15, -0.1) is 0 Å². The van der Waals surface area contributed by atoms with E-state index >= 15 is 0 Å². The second-order valence-corrected chi connectivity index (χ2v) is 10.2. The first-order valence-corrected chi connectivity index (χ1v) is 11.1. The minimum absolute atomic E-state index is 0.0578. The Morgan fingerprint density at radius 2 is 2.08 bits per heavy atom. The van der Waals surface area contributed by atoms with Crippen LogP contribution < -0.4 is 5.32 Å². The maximum atomic E-state index is 12.7. The van der Waals surface area contributed by atoms with Gasteiger partial charge in [0.25, 0.3) is 5.91 Å². The molecule has 0 aromatic heterocycles. The van der Waals surface area contributed by atoms with Gasteiger partial charge >= 0.3 is 0 Å². The molecular weight excluding hydrogens is 392 g/mol. The van der Waals surface area contributed by atoms with Crippen LogP contribution in [0.15, 0.2) is 35.2 Å². The molecular formula is C17H18N2O4S3. The molecule has 0 saturated carbocycles. The average molecular weight is 411 g/mol. The lowest BCUT2D eigenvalue weighted by molar-refractivity contribution is -0.132. The molecule has 26 heavy (non-hydrogen) atoms. The zero-order valence-corrected chi connectivity index (χ0v) is 16.5. The van der Waals surface area contributed by atoms with Gasteiger partial charge in [-0.3, -0.25) is 14.5 Å². The summed E-state index contributed by atoms with van der Waals surface area (Å²) in [5.41, 5.74) is 0.876. The van der Waals surface area contributed by atoms with Gasteiger partial charge in [0, 0.05) is 6.04 Å². The first kappa shape index (κ1) is 19.1. The highest BCUT2D eigenvalue weighted by molar-refractivity contribution is 8.26. The van der Waals surface area contributed by atoms with Crippen LogP contribution in [0.1, 0.15) is 18.9 Å². The zero-order chi connectivity index (χ0) is 18.9. The van der Waals surface area contributed by atoms with Crippen LogP contribution in [0.2, 0.25) is 0 Å². The van der Waals surface area contributed by atoms with E-state index < -0.39 is 27.8 Å². The Labute approximate surface area is 161 Å². The molecule has 2 saturated heterocycles. The summed E-state index contributed by atoms with van der Waals surface area (Å²) in [4.78, 5) is 26.9. The smallest absolute Gasteiger partial charge is 0.266 e. The monoisotopic (exact) mass is 410 g/mol. The number of sulfone groups is 1. The van der Waals surface area contributed by atoms with E-state index in [1.54, 1.807) is 13.0 Å². The number of nitrogens with zero attached hydrogens (tertiary/aromatic N) is 1. The predicted octanol–water partition coefficient (Wildman–Crippen LogP) is 1.58. The van der Waals surface area contributed by atoms with Gasteiger partial charge in [-0.2, -0.15) is 0 Å². The lowest BCUT2D eigenvalue weighted by Gasteiger charge is -2.23. The molecule has 0 radical (unpaired) electrons. The van der Waals surface area contributed by atoms with Gasteiger partial charge in [0.1, 0.15) is 10.4 Å². The minimum atomic E-state index is -3.09. The quantitative estimate of drug-likeness (QED) is 0.599. The summed E-state index contributed by atoms with van der Waals surface area (Å²) in [6, 6.07) is 8.18. The van der Waals surface area contributed by atoms with Crippen LogP contribution in [0.3, 0.4) is 0 Å². The number of hydrogen-bond acceptors (Lipinski definition) is 6. The number of hydrogen-bond donors (Lipinski definition) is 1. The maximum absolute atomic E-state index is 12.7. The Hall–Kier alpha value is -1.71. The molecule has 2 atom stereocenters. The average Bonchev–Trinajstić information content (AvgIpc) is 3.06. The Bertz CT molecular complexity index is 881. The summed E-state index contributed by atoms with van der Waals surface area (Å²) in [7, 11) is -3.09. The summed E-state index contributed by atoms with van der Waals surface area (Å²) in [6.45, 7) is 1.59. The van der Waals surface area contributed by atoms with Crippen LogP contribution in [0.25, 0.3) is 6.08 Å². The second-order valence-electron chi connectivity index (χ2n) is 6.25. The Balaban J connectivity index is 1.70. The maximum Gasteiger partial charge on any atom is 0.266 e. The molecule has 1 N–H and O–H groups in total. The molecule has 0 unspecified atom stereocenters. The van der Waals surface area contributed by atoms with E-state index in [0.29, 0.717) is 15.6 Å². The van der Waals surface area contributed by atoms with E-state index in [9.17, 15) is 18.0 Å². The van der Waals surface area contributed by atoms with Gasteiger partial charge in [-0.25, -0.2) is 8.42 Å². The van der Waals surface area contributed by atoms with Crippen LogP contribution in [0.4, 0.5) is 0 Å². The SMILES string of the molecule is C[C@@H](C(=O)N[C@H]1CCS(=O)(=O)C1)N1C(=O)/C(=C/c2ccccc2)SC1=S. The van der Waals surface area contributed by atoms with Gasteiger partial charge in [-0.1, -0.05) is 54.3 Å². The number of carbonyl (C=O) groups excluding carboxylic acids is 2. The van der Waals surface area contributed by atoms with Crippen LogP contribution in [0, 0.1) is 0 Å². The summed E-state index contributed by atoms with van der Waals surface area (Å²) in [5, 5.41) is 2.72. The van der Waals surface area contributed by atoms with Crippen molar-refractivity contribution in [2.24, 2.45) is 0 Å². The topological polar surface area (TPSA) is 83.6 Å². The molecule has 138 valence electrons. The van der Waals surface area contributed by atoms with Crippen LogP contribution in [-0.2, 0) is 19.4 Å². The molecule has 2 amide bonds. The highest BCUT2D eigenvalue weighted by Crippen LogP contribution is 2.34. The summed E-state index contributed by atoms with van der Waals surface area (Å²) >= 11 is 6.43. The molecule has 1 aromatic rings. The molecule has 0 spiro atoms. The van der Waals surface area contributed by atoms with Crippen molar-refractivity contribution < 1.29 is 18.0 Å². The van der Waals surface area contributed by atoms with Crippen LogP contribution >= 0.6 is 24.0 Å². The van der Waals surface area contributed by atoms with E-state index in [2.05, 4.69) is 5.32 Å². The van der Waals surface area contributed by atoms with Gasteiger partial charge in [-0.05, 0) is 25.0 Å². The molecule has 9 heteroatoms. The van der Waals surface area contributed by atoms with E-state index in [1.165, 1.54) is 4.90 Å². The van der Waals surface area contributed by atoms with Crippen molar-refractivity contribution in [2.45, 2.75) is 25.4 Å². The molecule has 2 aliphatic heterocycles. The summed E-state index contributed by atoms with van der Waals surface area (Å²) < 4.78 is 23.4. The molecule has 2 fully saturated rings. The third-order valence-corrected chi connectivity index (χ3v) is 7.36. The van der Waals surface area contributed by atoms with Crippen LogP contribution in [0.5, 0.6) is 0 Å². The molecule has 0 aliphatic carbocycles. The molecule has 2 heterocycles. The number of benzene rings is 1. The highest BCUT2D eigenvalue weighted by Gasteiger charge is 2.39. The number of rotatable bonds is 4. The lowest BCUT2D eigenvalue weighted by Crippen LogP contribution is -2.50. The largest absolute Gasteiger partial charge is 0.351 e. The highest BCUT2D eigenvalue weighted by atomic mass is 32.2. The Morgan fingerprint density at radius 1 is 1.38 bits per heavy atom. The van der Waals surface area contributed by atoms with Crippen molar-refractivity contribution in [1.82, 2.24) is 10.2 Å². The first-order chi connectivity index (χ1) is 12.3. The number of thioether (sulfide) groups is 1. The third-order valence-electron chi connectivity index (χ3n) is 4.27. The zero-order valence-electron chi connectivity index (χ0n) is 14.0. The lowest BCUT2D eigenvalue weighted by atomic mass is 10.2. The van der Waals surface area contributed by atoms with Crippen molar-refractivity contribution in [1.29, 1.82) is 0 Å². The Kier molecular flexibility index (Phi) is 5.50. The van der Waals surface area contributed by atoms with E-state index in [0.717, 1.165) is 17.3 Å². The fourth-order valence-electron chi connectivity index (χ4n) is 2.86. The van der Waals surface area contributed by atoms with Crippen molar-refractivity contribution in [3.63, 3.8) is 0 Å². The van der Waals surface area contributed by atoms with E-state index in [4.69, 9.17) is 12.2 Å².